The number of methoxy groups -OCH3 is 1. The molecule has 0 aliphatic carbocycles. The van der Waals surface area contributed by atoms with Gasteiger partial charge in [-0.2, -0.15) is 9.78 Å². The van der Waals surface area contributed by atoms with Crippen molar-refractivity contribution in [3.63, 3.8) is 0 Å². The standard InChI is InChI=1S/C17H10ClN5O/c1-24-12-7-5-10(6-8-12)15-21-16-14-11(9-19)3-2-4-13(14)20-17(18)23(16)22-15/h2-8H,1H3. The molecule has 0 N–H and O–H groups in total. The molecule has 4 aromatic rings. The molecule has 0 amide bonds. The molecule has 0 aliphatic heterocycles. The largest absolute Gasteiger partial charge is 0.497 e. The normalized spacial score (nSPS) is 10.9. The number of nitriles is 1. The maximum atomic E-state index is 9.36. The Bertz CT molecular complexity index is 1110. The Morgan fingerprint density at radius 1 is 1.12 bits per heavy atom. The Morgan fingerprint density at radius 2 is 1.92 bits per heavy atom. The highest BCUT2D eigenvalue weighted by Gasteiger charge is 2.15. The van der Waals surface area contributed by atoms with Crippen LogP contribution in [-0.2, 0) is 0 Å². The fourth-order valence-electron chi connectivity index (χ4n) is 2.57. The molecule has 0 unspecified atom stereocenters. The summed E-state index contributed by atoms with van der Waals surface area (Å²) >= 11 is 6.23. The molecular formula is C17H10ClN5O. The van der Waals surface area contributed by atoms with Crippen molar-refractivity contribution in [2.24, 2.45) is 0 Å². The van der Waals surface area contributed by atoms with Crippen molar-refractivity contribution in [1.29, 1.82) is 5.26 Å². The lowest BCUT2D eigenvalue weighted by Gasteiger charge is -2.02. The Balaban J connectivity index is 2.02. The molecule has 24 heavy (non-hydrogen) atoms. The van der Waals surface area contributed by atoms with Gasteiger partial charge in [0.05, 0.1) is 29.6 Å². The molecule has 116 valence electrons. The summed E-state index contributed by atoms with van der Waals surface area (Å²) in [5.41, 5.74) is 2.42. The van der Waals surface area contributed by atoms with E-state index in [2.05, 4.69) is 21.1 Å². The zero-order valence-electron chi connectivity index (χ0n) is 12.6. The first-order chi connectivity index (χ1) is 11.7. The predicted molar refractivity (Wildman–Crippen MR) is 90.0 cm³/mol. The second kappa shape index (κ2) is 5.48. The van der Waals surface area contributed by atoms with Gasteiger partial charge in [0, 0.05) is 5.56 Å². The van der Waals surface area contributed by atoms with Gasteiger partial charge in [-0.25, -0.2) is 9.97 Å². The van der Waals surface area contributed by atoms with Gasteiger partial charge in [-0.15, -0.1) is 5.10 Å². The van der Waals surface area contributed by atoms with E-state index in [1.807, 2.05) is 24.3 Å². The number of nitrogens with zero attached hydrogens (tertiary/aromatic N) is 5. The molecular weight excluding hydrogens is 326 g/mol. The Morgan fingerprint density at radius 3 is 2.62 bits per heavy atom. The summed E-state index contributed by atoms with van der Waals surface area (Å²) in [5, 5.41) is 14.6. The summed E-state index contributed by atoms with van der Waals surface area (Å²) in [6.07, 6.45) is 0. The van der Waals surface area contributed by atoms with Crippen molar-refractivity contribution in [3.8, 4) is 23.2 Å². The van der Waals surface area contributed by atoms with E-state index in [0.29, 0.717) is 27.9 Å². The van der Waals surface area contributed by atoms with E-state index in [0.717, 1.165) is 11.3 Å². The van der Waals surface area contributed by atoms with Crippen molar-refractivity contribution in [1.82, 2.24) is 19.6 Å². The minimum absolute atomic E-state index is 0.194. The molecule has 0 spiro atoms. The van der Waals surface area contributed by atoms with Gasteiger partial charge < -0.3 is 4.74 Å². The summed E-state index contributed by atoms with van der Waals surface area (Å²) in [7, 11) is 1.61. The third-order valence-corrected chi connectivity index (χ3v) is 3.97. The minimum atomic E-state index is 0.194. The number of aromatic nitrogens is 4. The third-order valence-electron chi connectivity index (χ3n) is 3.73. The van der Waals surface area contributed by atoms with Crippen LogP contribution in [0.5, 0.6) is 5.75 Å². The lowest BCUT2D eigenvalue weighted by molar-refractivity contribution is 0.415. The zero-order valence-corrected chi connectivity index (χ0v) is 13.3. The number of hydrogen-bond acceptors (Lipinski definition) is 5. The minimum Gasteiger partial charge on any atom is -0.497 e. The Labute approximate surface area is 141 Å². The zero-order chi connectivity index (χ0) is 16.7. The number of ether oxygens (including phenoxy) is 1. The first kappa shape index (κ1) is 14.4. The third kappa shape index (κ3) is 2.14. The number of hydrogen-bond donors (Lipinski definition) is 0. The molecule has 0 saturated heterocycles. The van der Waals surface area contributed by atoms with Crippen LogP contribution in [0, 0.1) is 11.3 Å². The summed E-state index contributed by atoms with van der Waals surface area (Å²) in [6, 6.07) is 14.8. The maximum Gasteiger partial charge on any atom is 0.226 e. The van der Waals surface area contributed by atoms with Crippen LogP contribution in [0.3, 0.4) is 0 Å². The quantitative estimate of drug-likeness (QED) is 0.524. The molecule has 0 radical (unpaired) electrons. The highest BCUT2D eigenvalue weighted by atomic mass is 35.5. The molecule has 2 heterocycles. The van der Waals surface area contributed by atoms with Gasteiger partial charge in [0.2, 0.25) is 5.28 Å². The average molecular weight is 336 g/mol. The predicted octanol–water partition coefficient (Wildman–Crippen LogP) is 3.48. The summed E-state index contributed by atoms with van der Waals surface area (Å²) in [6.45, 7) is 0. The molecule has 0 saturated carbocycles. The molecule has 7 heteroatoms. The summed E-state index contributed by atoms with van der Waals surface area (Å²) in [4.78, 5) is 8.87. The molecule has 4 rings (SSSR count). The van der Waals surface area contributed by atoms with Crippen LogP contribution in [-0.4, -0.2) is 26.7 Å². The number of benzene rings is 2. The van der Waals surface area contributed by atoms with Gasteiger partial charge in [0.1, 0.15) is 5.75 Å². The van der Waals surface area contributed by atoms with Crippen LogP contribution < -0.4 is 4.74 Å². The Kier molecular flexibility index (Phi) is 3.29. The SMILES string of the molecule is COc1ccc(-c2nc3c4c(C#N)cccc4nc(Cl)n3n2)cc1. The fourth-order valence-corrected chi connectivity index (χ4v) is 2.78. The molecule has 2 aromatic carbocycles. The van der Waals surface area contributed by atoms with Crippen LogP contribution in [0.4, 0.5) is 0 Å². The fraction of sp³-hybridized carbons (Fsp3) is 0.0588. The lowest BCUT2D eigenvalue weighted by atomic mass is 10.1. The topological polar surface area (TPSA) is 76.1 Å². The number of rotatable bonds is 2. The highest BCUT2D eigenvalue weighted by molar-refractivity contribution is 6.29. The van der Waals surface area contributed by atoms with Crippen molar-refractivity contribution < 1.29 is 4.74 Å². The molecule has 2 aromatic heterocycles. The van der Waals surface area contributed by atoms with Crippen molar-refractivity contribution in [2.45, 2.75) is 0 Å². The van der Waals surface area contributed by atoms with Gasteiger partial charge in [-0.05, 0) is 48.0 Å². The van der Waals surface area contributed by atoms with E-state index >= 15 is 0 Å². The van der Waals surface area contributed by atoms with Crippen LogP contribution in [0.15, 0.2) is 42.5 Å². The van der Waals surface area contributed by atoms with E-state index in [9.17, 15) is 5.26 Å². The summed E-state index contributed by atoms with van der Waals surface area (Å²) in [5.74, 6) is 1.25. The second-order valence-corrected chi connectivity index (χ2v) is 5.43. The monoisotopic (exact) mass is 335 g/mol. The molecule has 0 atom stereocenters. The van der Waals surface area contributed by atoms with E-state index < -0.39 is 0 Å². The second-order valence-electron chi connectivity index (χ2n) is 5.09. The van der Waals surface area contributed by atoms with Crippen LogP contribution >= 0.6 is 11.6 Å². The van der Waals surface area contributed by atoms with Gasteiger partial charge in [0.25, 0.3) is 0 Å². The summed E-state index contributed by atoms with van der Waals surface area (Å²) < 4.78 is 6.61. The van der Waals surface area contributed by atoms with Crippen molar-refractivity contribution in [3.05, 3.63) is 53.3 Å². The smallest absolute Gasteiger partial charge is 0.226 e. The van der Waals surface area contributed by atoms with Crippen LogP contribution in [0.2, 0.25) is 5.28 Å². The first-order valence-corrected chi connectivity index (χ1v) is 7.48. The Hall–Kier alpha value is -3.17. The van der Waals surface area contributed by atoms with E-state index in [-0.39, 0.29) is 5.28 Å². The van der Waals surface area contributed by atoms with Gasteiger partial charge in [0.15, 0.2) is 11.5 Å². The van der Waals surface area contributed by atoms with E-state index in [1.54, 1.807) is 25.3 Å². The molecule has 0 fully saturated rings. The lowest BCUT2D eigenvalue weighted by Crippen LogP contribution is -1.96. The number of halogens is 1. The molecule has 0 aliphatic rings. The van der Waals surface area contributed by atoms with Crippen molar-refractivity contribution >= 4 is 28.2 Å². The van der Waals surface area contributed by atoms with Gasteiger partial charge in [-0.3, -0.25) is 0 Å². The molecule has 0 bridgehead atoms. The van der Waals surface area contributed by atoms with Gasteiger partial charge in [-0.1, -0.05) is 6.07 Å². The van der Waals surface area contributed by atoms with Crippen LogP contribution in [0.25, 0.3) is 27.9 Å². The first-order valence-electron chi connectivity index (χ1n) is 7.11. The molecule has 6 nitrogen and oxygen atoms in total. The van der Waals surface area contributed by atoms with E-state index in [1.165, 1.54) is 4.52 Å². The number of fused-ring (bicyclic) bond motifs is 3. The average Bonchev–Trinajstić information content (AvgIpc) is 3.07. The van der Waals surface area contributed by atoms with E-state index in [4.69, 9.17) is 16.3 Å². The van der Waals surface area contributed by atoms with Gasteiger partial charge >= 0.3 is 0 Å². The maximum absolute atomic E-state index is 9.36. The van der Waals surface area contributed by atoms with Crippen molar-refractivity contribution in [2.75, 3.05) is 7.11 Å². The van der Waals surface area contributed by atoms with Crippen LogP contribution in [0.1, 0.15) is 5.56 Å². The highest BCUT2D eigenvalue weighted by Crippen LogP contribution is 2.27.